The maximum absolute atomic E-state index is 12.4. The summed E-state index contributed by atoms with van der Waals surface area (Å²) in [5, 5.41) is 0. The molecule has 0 heterocycles. The van der Waals surface area contributed by atoms with Crippen molar-refractivity contribution in [2.24, 2.45) is 16.2 Å². The lowest BCUT2D eigenvalue weighted by molar-refractivity contribution is -0.165. The van der Waals surface area contributed by atoms with Gasteiger partial charge in [0.1, 0.15) is 0 Å². The Morgan fingerprint density at radius 3 is 1.78 bits per heavy atom. The summed E-state index contributed by atoms with van der Waals surface area (Å²) in [5.41, 5.74) is -0.309. The third kappa shape index (κ3) is 3.73. The fraction of sp³-hybridized carbons (Fsp3) is 0.938. The van der Waals surface area contributed by atoms with Crippen LogP contribution in [0.3, 0.4) is 0 Å². The van der Waals surface area contributed by atoms with E-state index in [0.717, 1.165) is 19.3 Å². The first-order valence-electron chi connectivity index (χ1n) is 7.23. The van der Waals surface area contributed by atoms with Crippen LogP contribution >= 0.6 is 0 Å². The molecule has 0 aliphatic rings. The van der Waals surface area contributed by atoms with Gasteiger partial charge >= 0.3 is 5.97 Å². The molecule has 0 aliphatic heterocycles. The molecule has 0 amide bonds. The van der Waals surface area contributed by atoms with Gasteiger partial charge < -0.3 is 4.74 Å². The van der Waals surface area contributed by atoms with Crippen LogP contribution in [0.25, 0.3) is 0 Å². The Balaban J connectivity index is 5.36. The van der Waals surface area contributed by atoms with Gasteiger partial charge in [-0.3, -0.25) is 4.79 Å². The predicted octanol–water partition coefficient (Wildman–Crippen LogP) is 4.82. The van der Waals surface area contributed by atoms with Gasteiger partial charge in [-0.05, 0) is 37.5 Å². The first kappa shape index (κ1) is 17.5. The number of carbonyl (C=O) groups excluding carboxylic acids is 1. The molecule has 0 spiro atoms. The Bertz CT molecular complexity index is 279. The summed E-state index contributed by atoms with van der Waals surface area (Å²) in [6.07, 6.45) is 2.92. The van der Waals surface area contributed by atoms with E-state index < -0.39 is 5.41 Å². The topological polar surface area (TPSA) is 26.3 Å². The van der Waals surface area contributed by atoms with Gasteiger partial charge in [-0.2, -0.15) is 0 Å². The van der Waals surface area contributed by atoms with Gasteiger partial charge in [-0.1, -0.05) is 48.0 Å². The third-order valence-corrected chi connectivity index (χ3v) is 4.89. The second kappa shape index (κ2) is 6.08. The van der Waals surface area contributed by atoms with Crippen LogP contribution in [0, 0.1) is 16.2 Å². The van der Waals surface area contributed by atoms with Crippen molar-refractivity contribution in [3.8, 4) is 0 Å². The molecule has 0 bridgehead atoms. The molecule has 18 heavy (non-hydrogen) atoms. The van der Waals surface area contributed by atoms with Crippen molar-refractivity contribution < 1.29 is 9.53 Å². The highest BCUT2D eigenvalue weighted by Gasteiger charge is 2.49. The second-order valence-corrected chi connectivity index (χ2v) is 6.98. The van der Waals surface area contributed by atoms with E-state index >= 15 is 0 Å². The molecule has 0 N–H and O–H groups in total. The number of carbonyl (C=O) groups is 1. The summed E-state index contributed by atoms with van der Waals surface area (Å²) < 4.78 is 5.35. The Morgan fingerprint density at radius 2 is 1.44 bits per heavy atom. The van der Waals surface area contributed by atoms with Gasteiger partial charge in [0.2, 0.25) is 0 Å². The average molecular weight is 256 g/mol. The predicted molar refractivity (Wildman–Crippen MR) is 77.5 cm³/mol. The van der Waals surface area contributed by atoms with E-state index in [1.807, 2.05) is 6.92 Å². The fourth-order valence-corrected chi connectivity index (χ4v) is 2.35. The van der Waals surface area contributed by atoms with Gasteiger partial charge in [-0.15, -0.1) is 0 Å². The summed E-state index contributed by atoms with van der Waals surface area (Å²) in [7, 11) is 0. The van der Waals surface area contributed by atoms with Crippen LogP contribution in [-0.2, 0) is 9.53 Å². The van der Waals surface area contributed by atoms with E-state index in [0.29, 0.717) is 6.61 Å². The molecule has 108 valence electrons. The first-order valence-corrected chi connectivity index (χ1v) is 7.23. The number of esters is 1. The quantitative estimate of drug-likeness (QED) is 0.610. The minimum atomic E-state index is -0.419. The summed E-state index contributed by atoms with van der Waals surface area (Å²) in [5.74, 6) is -0.0432. The van der Waals surface area contributed by atoms with Crippen LogP contribution in [0.2, 0.25) is 0 Å². The van der Waals surface area contributed by atoms with Crippen molar-refractivity contribution in [1.82, 2.24) is 0 Å². The summed E-state index contributed by atoms with van der Waals surface area (Å²) in [6, 6.07) is 0. The number of hydrogen-bond acceptors (Lipinski definition) is 2. The van der Waals surface area contributed by atoms with Crippen LogP contribution in [0.4, 0.5) is 0 Å². The highest BCUT2D eigenvalue weighted by atomic mass is 16.5. The lowest BCUT2D eigenvalue weighted by Crippen LogP contribution is -2.45. The minimum absolute atomic E-state index is 0.0432. The molecule has 1 atom stereocenters. The third-order valence-electron chi connectivity index (χ3n) is 4.89. The molecular formula is C16H32O2. The normalized spacial score (nSPS) is 16.2. The molecular weight excluding hydrogens is 224 g/mol. The molecule has 0 aromatic rings. The zero-order chi connectivity index (χ0) is 14.6. The summed E-state index contributed by atoms with van der Waals surface area (Å²) >= 11 is 0. The van der Waals surface area contributed by atoms with Gasteiger partial charge in [0.05, 0.1) is 12.0 Å². The van der Waals surface area contributed by atoms with E-state index in [1.165, 1.54) is 0 Å². The maximum Gasteiger partial charge on any atom is 0.312 e. The molecule has 0 aromatic carbocycles. The fourth-order valence-electron chi connectivity index (χ4n) is 2.35. The number of hydrogen-bond donors (Lipinski definition) is 0. The zero-order valence-electron chi connectivity index (χ0n) is 13.6. The Hall–Kier alpha value is -0.530. The van der Waals surface area contributed by atoms with E-state index in [2.05, 4.69) is 48.5 Å². The largest absolute Gasteiger partial charge is 0.466 e. The molecule has 2 heteroatoms. The maximum atomic E-state index is 12.4. The summed E-state index contributed by atoms with van der Waals surface area (Å²) in [4.78, 5) is 12.4. The lowest BCUT2D eigenvalue weighted by Gasteiger charge is -2.45. The molecule has 0 fully saturated rings. The first-order chi connectivity index (χ1) is 8.06. The van der Waals surface area contributed by atoms with Crippen molar-refractivity contribution in [3.05, 3.63) is 0 Å². The van der Waals surface area contributed by atoms with Crippen LogP contribution in [0.5, 0.6) is 0 Å². The number of ether oxygens (including phenoxy) is 1. The van der Waals surface area contributed by atoms with Crippen LogP contribution in [0.1, 0.15) is 74.7 Å². The van der Waals surface area contributed by atoms with Gasteiger partial charge in [0, 0.05) is 0 Å². The van der Waals surface area contributed by atoms with Gasteiger partial charge in [-0.25, -0.2) is 0 Å². The molecule has 0 rings (SSSR count). The van der Waals surface area contributed by atoms with Crippen LogP contribution in [0.15, 0.2) is 0 Å². The molecule has 0 aliphatic carbocycles. The molecule has 2 nitrogen and oxygen atoms in total. The Labute approximate surface area is 113 Å². The van der Waals surface area contributed by atoms with Crippen molar-refractivity contribution in [2.75, 3.05) is 6.61 Å². The van der Waals surface area contributed by atoms with E-state index in [9.17, 15) is 4.79 Å². The summed E-state index contributed by atoms with van der Waals surface area (Å²) in [6.45, 7) is 17.6. The van der Waals surface area contributed by atoms with Crippen LogP contribution < -0.4 is 0 Å². The van der Waals surface area contributed by atoms with E-state index in [-0.39, 0.29) is 16.8 Å². The average Bonchev–Trinajstić information content (AvgIpc) is 2.28. The van der Waals surface area contributed by atoms with Crippen molar-refractivity contribution >= 4 is 5.97 Å². The smallest absolute Gasteiger partial charge is 0.312 e. The molecule has 0 radical (unpaired) electrons. The zero-order valence-corrected chi connectivity index (χ0v) is 13.6. The van der Waals surface area contributed by atoms with E-state index in [4.69, 9.17) is 4.74 Å². The van der Waals surface area contributed by atoms with E-state index in [1.54, 1.807) is 0 Å². The number of rotatable bonds is 7. The lowest BCUT2D eigenvalue weighted by atomic mass is 9.58. The monoisotopic (exact) mass is 256 g/mol. The second-order valence-electron chi connectivity index (χ2n) is 6.98. The highest BCUT2D eigenvalue weighted by molar-refractivity contribution is 5.77. The van der Waals surface area contributed by atoms with Crippen LogP contribution in [-0.4, -0.2) is 12.6 Å². The molecule has 1 unspecified atom stereocenters. The molecule has 0 saturated heterocycles. The standard InChI is InChI=1S/C16H32O2/c1-9-14(4,5)12-16(8,13(17)18-11-3)15(6,7)10-2/h9-12H2,1-8H3. The Morgan fingerprint density at radius 1 is 0.944 bits per heavy atom. The van der Waals surface area contributed by atoms with Crippen molar-refractivity contribution in [3.63, 3.8) is 0 Å². The van der Waals surface area contributed by atoms with Gasteiger partial charge in [0.25, 0.3) is 0 Å². The molecule has 0 saturated carbocycles. The minimum Gasteiger partial charge on any atom is -0.466 e. The molecule has 0 aromatic heterocycles. The SMILES string of the molecule is CCOC(=O)C(C)(CC(C)(C)CC)C(C)(C)CC. The Kier molecular flexibility index (Phi) is 5.90. The van der Waals surface area contributed by atoms with Gasteiger partial charge in [0.15, 0.2) is 0 Å². The highest BCUT2D eigenvalue weighted by Crippen LogP contribution is 2.50. The van der Waals surface area contributed by atoms with Crippen molar-refractivity contribution in [2.45, 2.75) is 74.7 Å². The van der Waals surface area contributed by atoms with Crippen molar-refractivity contribution in [1.29, 1.82) is 0 Å².